The van der Waals surface area contributed by atoms with E-state index in [-0.39, 0.29) is 6.42 Å². The molecule has 0 N–H and O–H groups in total. The summed E-state index contributed by atoms with van der Waals surface area (Å²) in [5, 5.41) is 0. The van der Waals surface area contributed by atoms with Gasteiger partial charge in [-0.15, -0.1) is 0 Å². The first-order valence-corrected chi connectivity index (χ1v) is 3.66. The third-order valence-corrected chi connectivity index (χ3v) is 0.971. The van der Waals surface area contributed by atoms with Crippen LogP contribution in [0.1, 0.15) is 19.8 Å². The highest BCUT2D eigenvalue weighted by Gasteiger charge is 2.09. The summed E-state index contributed by atoms with van der Waals surface area (Å²) in [6.45, 7) is 5.38. The monoisotopic (exact) mass is 172 g/mol. The molecule has 0 amide bonds. The molecular formula is C8H12O4. The summed E-state index contributed by atoms with van der Waals surface area (Å²) in [4.78, 5) is 21.4. The van der Waals surface area contributed by atoms with Crippen LogP contribution >= 0.6 is 0 Å². The molecule has 0 aromatic rings. The van der Waals surface area contributed by atoms with Crippen LogP contribution in [0.25, 0.3) is 0 Å². The maximum Gasteiger partial charge on any atom is 0.321 e. The van der Waals surface area contributed by atoms with E-state index in [2.05, 4.69) is 16.1 Å². The fraction of sp³-hybridized carbons (Fsp3) is 0.500. The average Bonchev–Trinajstić information content (AvgIpc) is 2.01. The van der Waals surface area contributed by atoms with Gasteiger partial charge in [0.2, 0.25) is 0 Å². The number of ether oxygens (including phenoxy) is 2. The third kappa shape index (κ3) is 5.46. The molecule has 68 valence electrons. The third-order valence-electron chi connectivity index (χ3n) is 0.971. The van der Waals surface area contributed by atoms with Gasteiger partial charge in [-0.25, -0.2) is 0 Å². The zero-order valence-corrected chi connectivity index (χ0v) is 7.04. The van der Waals surface area contributed by atoms with E-state index >= 15 is 0 Å². The van der Waals surface area contributed by atoms with Gasteiger partial charge in [-0.2, -0.15) is 0 Å². The summed E-state index contributed by atoms with van der Waals surface area (Å²) in [6, 6.07) is 0. The maximum absolute atomic E-state index is 10.7. The molecule has 0 bridgehead atoms. The molecule has 4 nitrogen and oxygen atoms in total. The van der Waals surface area contributed by atoms with Gasteiger partial charge in [0, 0.05) is 0 Å². The Hall–Kier alpha value is -1.32. The van der Waals surface area contributed by atoms with Gasteiger partial charge in [-0.3, -0.25) is 9.59 Å². The van der Waals surface area contributed by atoms with Crippen molar-refractivity contribution in [3.8, 4) is 0 Å². The first-order valence-electron chi connectivity index (χ1n) is 3.66. The SMILES string of the molecule is C=COC(=O)CC(=O)OCCC. The Kier molecular flexibility index (Phi) is 5.69. The number of rotatable bonds is 5. The normalized spacial score (nSPS) is 8.75. The van der Waals surface area contributed by atoms with Crippen LogP contribution in [-0.2, 0) is 19.1 Å². The van der Waals surface area contributed by atoms with Gasteiger partial charge in [0.25, 0.3) is 0 Å². The van der Waals surface area contributed by atoms with Gasteiger partial charge in [0.15, 0.2) is 0 Å². The Labute approximate surface area is 71.2 Å². The Morgan fingerprint density at radius 1 is 1.42 bits per heavy atom. The Balaban J connectivity index is 3.54. The number of hydrogen-bond donors (Lipinski definition) is 0. The van der Waals surface area contributed by atoms with Crippen LogP contribution in [0.5, 0.6) is 0 Å². The second-order valence-electron chi connectivity index (χ2n) is 2.05. The topological polar surface area (TPSA) is 52.6 Å². The zero-order chi connectivity index (χ0) is 9.40. The van der Waals surface area contributed by atoms with Crippen LogP contribution in [0, 0.1) is 0 Å². The predicted octanol–water partition coefficient (Wildman–Crippen LogP) is 1.02. The molecule has 0 aromatic heterocycles. The van der Waals surface area contributed by atoms with Crippen LogP contribution in [0.3, 0.4) is 0 Å². The molecule has 12 heavy (non-hydrogen) atoms. The van der Waals surface area contributed by atoms with Crippen molar-refractivity contribution < 1.29 is 19.1 Å². The van der Waals surface area contributed by atoms with Crippen LogP contribution < -0.4 is 0 Å². The molecule has 0 saturated heterocycles. The van der Waals surface area contributed by atoms with Crippen molar-refractivity contribution in [2.24, 2.45) is 0 Å². The van der Waals surface area contributed by atoms with Gasteiger partial charge in [0.05, 0.1) is 12.9 Å². The summed E-state index contributed by atoms with van der Waals surface area (Å²) < 4.78 is 8.95. The van der Waals surface area contributed by atoms with Crippen molar-refractivity contribution >= 4 is 11.9 Å². The zero-order valence-electron chi connectivity index (χ0n) is 7.04. The van der Waals surface area contributed by atoms with Crippen LogP contribution in [0.4, 0.5) is 0 Å². The van der Waals surface area contributed by atoms with Crippen molar-refractivity contribution in [2.45, 2.75) is 19.8 Å². The van der Waals surface area contributed by atoms with Gasteiger partial charge in [-0.05, 0) is 6.42 Å². The van der Waals surface area contributed by atoms with E-state index in [1.54, 1.807) is 0 Å². The summed E-state index contributed by atoms with van der Waals surface area (Å²) in [5.41, 5.74) is 0. The van der Waals surface area contributed by atoms with E-state index in [1.165, 1.54) is 0 Å². The van der Waals surface area contributed by atoms with Crippen molar-refractivity contribution in [3.05, 3.63) is 12.8 Å². The highest BCUT2D eigenvalue weighted by atomic mass is 16.5. The van der Waals surface area contributed by atoms with Crippen molar-refractivity contribution in [1.82, 2.24) is 0 Å². The number of esters is 2. The van der Waals surface area contributed by atoms with Crippen molar-refractivity contribution in [2.75, 3.05) is 6.61 Å². The molecule has 0 spiro atoms. The molecule has 0 heterocycles. The molecule has 0 aliphatic heterocycles. The Morgan fingerprint density at radius 3 is 2.58 bits per heavy atom. The van der Waals surface area contributed by atoms with E-state index in [9.17, 15) is 9.59 Å². The Morgan fingerprint density at radius 2 is 2.08 bits per heavy atom. The minimum atomic E-state index is -0.647. The molecular weight excluding hydrogens is 160 g/mol. The Bertz CT molecular complexity index is 174. The highest BCUT2D eigenvalue weighted by Crippen LogP contribution is 1.91. The van der Waals surface area contributed by atoms with Gasteiger partial charge in [-0.1, -0.05) is 13.5 Å². The van der Waals surface area contributed by atoms with E-state index in [4.69, 9.17) is 0 Å². The molecule has 0 saturated carbocycles. The molecule has 0 atom stereocenters. The van der Waals surface area contributed by atoms with Gasteiger partial charge in [0.1, 0.15) is 6.42 Å². The average molecular weight is 172 g/mol. The summed E-state index contributed by atoms with van der Waals surface area (Å²) in [6.07, 6.45) is 1.36. The second kappa shape index (κ2) is 6.39. The lowest BCUT2D eigenvalue weighted by atomic mass is 10.4. The predicted molar refractivity (Wildman–Crippen MR) is 42.2 cm³/mol. The van der Waals surface area contributed by atoms with Gasteiger partial charge < -0.3 is 9.47 Å². The minimum absolute atomic E-state index is 0.334. The number of carbonyl (C=O) groups excluding carboxylic acids is 2. The molecule has 4 heteroatoms. The first kappa shape index (κ1) is 10.7. The molecule has 0 aliphatic carbocycles. The fourth-order valence-corrected chi connectivity index (χ4v) is 0.519. The number of hydrogen-bond acceptors (Lipinski definition) is 4. The molecule has 0 aromatic carbocycles. The van der Waals surface area contributed by atoms with E-state index in [0.717, 1.165) is 12.7 Å². The molecule has 0 unspecified atom stereocenters. The molecule has 0 aliphatic rings. The smallest absolute Gasteiger partial charge is 0.321 e. The largest absolute Gasteiger partial charge is 0.465 e. The lowest BCUT2D eigenvalue weighted by Gasteiger charge is -2.00. The summed E-state index contributed by atoms with van der Waals surface area (Å²) in [7, 11) is 0. The molecule has 0 fully saturated rings. The summed E-state index contributed by atoms with van der Waals surface area (Å²) >= 11 is 0. The standard InChI is InChI=1S/C8H12O4/c1-3-5-12-8(10)6-7(9)11-4-2/h4H,2-3,5-6H2,1H3. The fourth-order valence-electron chi connectivity index (χ4n) is 0.519. The lowest BCUT2D eigenvalue weighted by Crippen LogP contribution is -2.12. The minimum Gasteiger partial charge on any atom is -0.465 e. The van der Waals surface area contributed by atoms with Crippen LogP contribution in [-0.4, -0.2) is 18.5 Å². The van der Waals surface area contributed by atoms with E-state index in [0.29, 0.717) is 6.61 Å². The first-order chi connectivity index (χ1) is 5.70. The van der Waals surface area contributed by atoms with Gasteiger partial charge >= 0.3 is 11.9 Å². The molecule has 0 radical (unpaired) electrons. The van der Waals surface area contributed by atoms with E-state index in [1.807, 2.05) is 6.92 Å². The van der Waals surface area contributed by atoms with Crippen LogP contribution in [0.15, 0.2) is 12.8 Å². The van der Waals surface area contributed by atoms with Crippen molar-refractivity contribution in [3.63, 3.8) is 0 Å². The second-order valence-corrected chi connectivity index (χ2v) is 2.05. The number of carbonyl (C=O) groups is 2. The highest BCUT2D eigenvalue weighted by molar-refractivity contribution is 5.91. The summed E-state index contributed by atoms with van der Waals surface area (Å²) in [5.74, 6) is -1.21. The quantitative estimate of drug-likeness (QED) is 0.353. The van der Waals surface area contributed by atoms with Crippen molar-refractivity contribution in [1.29, 1.82) is 0 Å². The molecule has 0 rings (SSSR count). The maximum atomic E-state index is 10.7. The van der Waals surface area contributed by atoms with E-state index < -0.39 is 11.9 Å². The van der Waals surface area contributed by atoms with Crippen LogP contribution in [0.2, 0.25) is 0 Å². The lowest BCUT2D eigenvalue weighted by molar-refractivity contribution is -0.151.